The first kappa shape index (κ1) is 17.7. The number of carbonyl (C=O) groups excluding carboxylic acids is 2. The zero-order valence-corrected chi connectivity index (χ0v) is 15.6. The lowest BCUT2D eigenvalue weighted by atomic mass is 9.86. The molecule has 1 saturated heterocycles. The number of hydrogen-bond donors (Lipinski definition) is 1. The molecule has 0 unspecified atom stereocenters. The van der Waals surface area contributed by atoms with Gasteiger partial charge < -0.3 is 10.2 Å². The highest BCUT2D eigenvalue weighted by molar-refractivity contribution is 5.94. The van der Waals surface area contributed by atoms with Crippen molar-refractivity contribution >= 4 is 11.8 Å². The standard InChI is InChI=1S/C20H25N5O2/c1-15-11-17(14-21-12-15)18(26)24-9-5-20(6-10-24,25-8-2-7-23-25)19(27)22-13-16-3-4-16/h2,7-8,11-12,14,16H,3-6,9-10,13H2,1H3,(H,22,27). The summed E-state index contributed by atoms with van der Waals surface area (Å²) in [5.41, 5.74) is 0.836. The second-order valence-corrected chi connectivity index (χ2v) is 7.68. The predicted molar refractivity (Wildman–Crippen MR) is 100 cm³/mol. The minimum atomic E-state index is -0.722. The maximum atomic E-state index is 13.1. The van der Waals surface area contributed by atoms with Gasteiger partial charge in [0.1, 0.15) is 5.54 Å². The largest absolute Gasteiger partial charge is 0.354 e. The lowest BCUT2D eigenvalue weighted by Gasteiger charge is -2.40. The van der Waals surface area contributed by atoms with E-state index in [0.717, 1.165) is 12.1 Å². The number of nitrogens with zero attached hydrogens (tertiary/aromatic N) is 4. The van der Waals surface area contributed by atoms with Crippen molar-refractivity contribution in [3.63, 3.8) is 0 Å². The molecule has 142 valence electrons. The number of aromatic nitrogens is 3. The summed E-state index contributed by atoms with van der Waals surface area (Å²) in [6, 6.07) is 3.69. The monoisotopic (exact) mass is 367 g/mol. The number of nitrogens with one attached hydrogen (secondary N) is 1. The van der Waals surface area contributed by atoms with Gasteiger partial charge in [-0.3, -0.25) is 19.3 Å². The van der Waals surface area contributed by atoms with E-state index in [-0.39, 0.29) is 11.8 Å². The average Bonchev–Trinajstić information content (AvgIpc) is 3.36. The van der Waals surface area contributed by atoms with E-state index in [0.29, 0.717) is 37.4 Å². The van der Waals surface area contributed by atoms with Crippen molar-refractivity contribution in [2.45, 2.75) is 38.1 Å². The van der Waals surface area contributed by atoms with Gasteiger partial charge in [-0.15, -0.1) is 0 Å². The first-order chi connectivity index (χ1) is 13.1. The zero-order chi connectivity index (χ0) is 18.9. The van der Waals surface area contributed by atoms with Crippen molar-refractivity contribution in [2.75, 3.05) is 19.6 Å². The number of pyridine rings is 1. The molecule has 7 nitrogen and oxygen atoms in total. The topological polar surface area (TPSA) is 80.1 Å². The SMILES string of the molecule is Cc1cncc(C(=O)N2CCC(C(=O)NCC3CC3)(n3cccn3)CC2)c1. The number of amides is 2. The lowest BCUT2D eigenvalue weighted by molar-refractivity contribution is -0.133. The van der Waals surface area contributed by atoms with Crippen molar-refractivity contribution in [1.82, 2.24) is 25.0 Å². The molecule has 2 amide bonds. The second-order valence-electron chi connectivity index (χ2n) is 7.68. The fraction of sp³-hybridized carbons (Fsp3) is 0.500. The van der Waals surface area contributed by atoms with Crippen molar-refractivity contribution in [3.8, 4) is 0 Å². The van der Waals surface area contributed by atoms with Gasteiger partial charge in [-0.1, -0.05) is 0 Å². The first-order valence-corrected chi connectivity index (χ1v) is 9.58. The van der Waals surface area contributed by atoms with Crippen LogP contribution in [-0.4, -0.2) is 51.1 Å². The van der Waals surface area contributed by atoms with Crippen LogP contribution in [0.15, 0.2) is 36.9 Å². The van der Waals surface area contributed by atoms with Gasteiger partial charge in [0.2, 0.25) is 5.91 Å². The number of likely N-dealkylation sites (tertiary alicyclic amines) is 1. The summed E-state index contributed by atoms with van der Waals surface area (Å²) in [5.74, 6) is 0.611. The van der Waals surface area contributed by atoms with Gasteiger partial charge in [0.25, 0.3) is 5.91 Å². The molecular formula is C20H25N5O2. The summed E-state index contributed by atoms with van der Waals surface area (Å²) < 4.78 is 1.77. The van der Waals surface area contributed by atoms with E-state index < -0.39 is 5.54 Å². The summed E-state index contributed by atoms with van der Waals surface area (Å²) in [7, 11) is 0. The molecule has 3 heterocycles. The lowest BCUT2D eigenvalue weighted by Crippen LogP contribution is -2.56. The normalized spacial score (nSPS) is 18.9. The van der Waals surface area contributed by atoms with Crippen LogP contribution >= 0.6 is 0 Å². The quantitative estimate of drug-likeness (QED) is 0.873. The van der Waals surface area contributed by atoms with E-state index in [9.17, 15) is 9.59 Å². The van der Waals surface area contributed by atoms with Gasteiger partial charge in [-0.05, 0) is 56.2 Å². The van der Waals surface area contributed by atoms with Crippen molar-refractivity contribution in [2.24, 2.45) is 5.92 Å². The molecule has 0 spiro atoms. The van der Waals surface area contributed by atoms with Crippen molar-refractivity contribution < 1.29 is 9.59 Å². The van der Waals surface area contributed by atoms with Crippen LogP contribution in [0.2, 0.25) is 0 Å². The first-order valence-electron chi connectivity index (χ1n) is 9.58. The highest BCUT2D eigenvalue weighted by Gasteiger charge is 2.45. The van der Waals surface area contributed by atoms with Gasteiger partial charge in [-0.2, -0.15) is 5.10 Å². The molecule has 2 aliphatic rings. The molecule has 1 aliphatic heterocycles. The number of carbonyl (C=O) groups is 2. The number of piperidine rings is 1. The number of rotatable bonds is 5. The fourth-order valence-electron chi connectivity index (χ4n) is 3.74. The molecule has 1 aliphatic carbocycles. The maximum Gasteiger partial charge on any atom is 0.255 e. The van der Waals surface area contributed by atoms with Crippen LogP contribution in [0.3, 0.4) is 0 Å². The number of aryl methyl sites for hydroxylation is 1. The Balaban J connectivity index is 1.49. The molecule has 2 aromatic rings. The molecule has 2 aromatic heterocycles. The molecule has 7 heteroatoms. The van der Waals surface area contributed by atoms with Gasteiger partial charge in [-0.25, -0.2) is 0 Å². The third kappa shape index (κ3) is 3.59. The summed E-state index contributed by atoms with van der Waals surface area (Å²) >= 11 is 0. The van der Waals surface area contributed by atoms with Crippen LogP contribution in [0.4, 0.5) is 0 Å². The molecule has 0 bridgehead atoms. The van der Waals surface area contributed by atoms with Crippen LogP contribution in [0.5, 0.6) is 0 Å². The van der Waals surface area contributed by atoms with Crippen molar-refractivity contribution in [3.05, 3.63) is 48.0 Å². The van der Waals surface area contributed by atoms with E-state index in [1.54, 1.807) is 23.3 Å². The Labute approximate surface area is 158 Å². The molecule has 1 N–H and O–H groups in total. The van der Waals surface area contributed by atoms with Crippen LogP contribution < -0.4 is 5.32 Å². The van der Waals surface area contributed by atoms with Gasteiger partial charge in [0.05, 0.1) is 5.56 Å². The minimum Gasteiger partial charge on any atom is -0.354 e. The highest BCUT2D eigenvalue weighted by atomic mass is 16.2. The van der Waals surface area contributed by atoms with E-state index >= 15 is 0 Å². The minimum absolute atomic E-state index is 0.0161. The highest BCUT2D eigenvalue weighted by Crippen LogP contribution is 2.32. The number of hydrogen-bond acceptors (Lipinski definition) is 4. The molecular weight excluding hydrogens is 342 g/mol. The molecule has 0 radical (unpaired) electrons. The Morgan fingerprint density at radius 1 is 1.26 bits per heavy atom. The zero-order valence-electron chi connectivity index (χ0n) is 15.6. The summed E-state index contributed by atoms with van der Waals surface area (Å²) in [6.45, 7) is 3.69. The smallest absolute Gasteiger partial charge is 0.255 e. The van der Waals surface area contributed by atoms with Crippen molar-refractivity contribution in [1.29, 1.82) is 0 Å². The Hall–Kier alpha value is -2.70. The van der Waals surface area contributed by atoms with Crippen LogP contribution in [0.1, 0.15) is 41.6 Å². The van der Waals surface area contributed by atoms with Gasteiger partial charge in [0.15, 0.2) is 0 Å². The Kier molecular flexibility index (Phi) is 4.68. The Bertz CT molecular complexity index is 821. The van der Waals surface area contributed by atoms with E-state index in [1.165, 1.54) is 12.8 Å². The third-order valence-corrected chi connectivity index (χ3v) is 5.61. The van der Waals surface area contributed by atoms with Crippen LogP contribution in [0, 0.1) is 12.8 Å². The van der Waals surface area contributed by atoms with Gasteiger partial charge >= 0.3 is 0 Å². The molecule has 4 rings (SSSR count). The van der Waals surface area contributed by atoms with E-state index in [1.807, 2.05) is 30.2 Å². The Morgan fingerprint density at radius 2 is 2.04 bits per heavy atom. The summed E-state index contributed by atoms with van der Waals surface area (Å²) in [6.07, 6.45) is 10.4. The molecule has 0 atom stereocenters. The summed E-state index contributed by atoms with van der Waals surface area (Å²) in [5, 5.41) is 7.47. The van der Waals surface area contributed by atoms with Gasteiger partial charge in [0, 0.05) is 44.4 Å². The van der Waals surface area contributed by atoms with E-state index in [2.05, 4.69) is 15.4 Å². The van der Waals surface area contributed by atoms with E-state index in [4.69, 9.17) is 0 Å². The predicted octanol–water partition coefficient (Wildman–Crippen LogP) is 1.74. The third-order valence-electron chi connectivity index (χ3n) is 5.61. The molecule has 1 saturated carbocycles. The van der Waals surface area contributed by atoms with Crippen LogP contribution in [-0.2, 0) is 10.3 Å². The fourth-order valence-corrected chi connectivity index (χ4v) is 3.74. The maximum absolute atomic E-state index is 13.1. The summed E-state index contributed by atoms with van der Waals surface area (Å²) in [4.78, 5) is 31.8. The molecule has 0 aromatic carbocycles. The molecule has 2 fully saturated rings. The molecule has 27 heavy (non-hydrogen) atoms. The Morgan fingerprint density at radius 3 is 2.67 bits per heavy atom. The second kappa shape index (κ2) is 7.13. The van der Waals surface area contributed by atoms with Crippen LogP contribution in [0.25, 0.3) is 0 Å². The average molecular weight is 367 g/mol.